The van der Waals surface area contributed by atoms with Crippen LogP contribution in [0.15, 0.2) is 18.2 Å². The molecule has 3 nitrogen and oxygen atoms in total. The fraction of sp³-hybridized carbons (Fsp3) is 0.455. The van der Waals surface area contributed by atoms with Crippen molar-refractivity contribution >= 4 is 46.7 Å². The minimum absolute atomic E-state index is 0.279. The molecule has 0 N–H and O–H groups in total. The first kappa shape index (κ1) is 16.5. The summed E-state index contributed by atoms with van der Waals surface area (Å²) in [6.07, 6.45) is 0. The SMILES string of the molecule is CCOP(=O)(OCC)C(Br)c1c(Cl)cccc1Cl. The molecule has 1 rings (SSSR count). The third-order valence-corrected chi connectivity index (χ3v) is 6.80. The topological polar surface area (TPSA) is 35.5 Å². The van der Waals surface area contributed by atoms with Crippen LogP contribution in [-0.4, -0.2) is 13.2 Å². The average molecular weight is 376 g/mol. The summed E-state index contributed by atoms with van der Waals surface area (Å²) < 4.78 is 22.5. The molecule has 0 saturated carbocycles. The molecule has 0 aromatic heterocycles. The first-order valence-corrected chi connectivity index (χ1v) is 8.71. The number of alkyl halides is 1. The van der Waals surface area contributed by atoms with Crippen LogP contribution >= 0.6 is 46.7 Å². The van der Waals surface area contributed by atoms with Crippen LogP contribution in [0.2, 0.25) is 10.0 Å². The molecule has 0 fully saturated rings. The molecule has 0 aliphatic heterocycles. The van der Waals surface area contributed by atoms with Crippen LogP contribution in [0.1, 0.15) is 24.0 Å². The second-order valence-corrected chi connectivity index (χ2v) is 7.90. The number of halogens is 3. The van der Waals surface area contributed by atoms with E-state index in [1.54, 1.807) is 32.0 Å². The molecule has 0 heterocycles. The van der Waals surface area contributed by atoms with Gasteiger partial charge in [0.2, 0.25) is 0 Å². The van der Waals surface area contributed by atoms with Crippen LogP contribution in [0.5, 0.6) is 0 Å². The van der Waals surface area contributed by atoms with Gasteiger partial charge in [0.25, 0.3) is 0 Å². The number of hydrogen-bond acceptors (Lipinski definition) is 3. The van der Waals surface area contributed by atoms with Gasteiger partial charge in [0.1, 0.15) is 4.57 Å². The molecule has 1 aromatic rings. The van der Waals surface area contributed by atoms with E-state index in [9.17, 15) is 4.57 Å². The standard InChI is InChI=1S/C11H14BrCl2O3P/c1-3-16-18(15,17-4-2)11(12)10-8(13)6-5-7-9(10)14/h5-7,11H,3-4H2,1-2H3. The summed E-state index contributed by atoms with van der Waals surface area (Å²) in [7, 11) is -3.34. The Morgan fingerprint density at radius 3 is 2.06 bits per heavy atom. The van der Waals surface area contributed by atoms with E-state index in [-0.39, 0.29) is 13.2 Å². The molecule has 0 aliphatic rings. The molecule has 0 saturated heterocycles. The number of hydrogen-bond donors (Lipinski definition) is 0. The van der Waals surface area contributed by atoms with Crippen LogP contribution < -0.4 is 0 Å². The molecule has 102 valence electrons. The molecule has 0 aliphatic carbocycles. The Kier molecular flexibility index (Phi) is 6.66. The summed E-state index contributed by atoms with van der Waals surface area (Å²) in [6, 6.07) is 5.08. The van der Waals surface area contributed by atoms with E-state index in [4.69, 9.17) is 32.2 Å². The number of benzene rings is 1. The molecular weight excluding hydrogens is 362 g/mol. The van der Waals surface area contributed by atoms with Crippen molar-refractivity contribution in [2.45, 2.75) is 18.4 Å². The van der Waals surface area contributed by atoms with E-state index in [1.807, 2.05) is 0 Å². The minimum atomic E-state index is -3.34. The van der Waals surface area contributed by atoms with E-state index in [0.717, 1.165) is 0 Å². The zero-order valence-electron chi connectivity index (χ0n) is 10.0. The Labute approximate surface area is 125 Å². The zero-order chi connectivity index (χ0) is 13.8. The van der Waals surface area contributed by atoms with E-state index in [2.05, 4.69) is 15.9 Å². The maximum Gasteiger partial charge on any atom is 0.348 e. The molecule has 0 spiro atoms. The highest BCUT2D eigenvalue weighted by atomic mass is 79.9. The highest BCUT2D eigenvalue weighted by Crippen LogP contribution is 2.65. The third kappa shape index (κ3) is 3.72. The maximum absolute atomic E-state index is 12.6. The lowest BCUT2D eigenvalue weighted by Gasteiger charge is -2.23. The van der Waals surface area contributed by atoms with Crippen molar-refractivity contribution in [3.05, 3.63) is 33.8 Å². The second kappa shape index (κ2) is 7.28. The molecule has 0 radical (unpaired) electrons. The summed E-state index contributed by atoms with van der Waals surface area (Å²) in [5, 5.41) is 0.841. The quantitative estimate of drug-likeness (QED) is 0.475. The zero-order valence-corrected chi connectivity index (χ0v) is 14.0. The molecule has 1 atom stereocenters. The van der Waals surface area contributed by atoms with Crippen molar-refractivity contribution in [3.8, 4) is 0 Å². The molecule has 1 unspecified atom stereocenters. The normalized spacial score (nSPS) is 13.6. The van der Waals surface area contributed by atoms with Gasteiger partial charge in [0.05, 0.1) is 13.2 Å². The largest absolute Gasteiger partial charge is 0.348 e. The summed E-state index contributed by atoms with van der Waals surface area (Å²) in [4.78, 5) is 0. The van der Waals surface area contributed by atoms with Gasteiger partial charge < -0.3 is 9.05 Å². The van der Waals surface area contributed by atoms with E-state index in [1.165, 1.54) is 0 Å². The van der Waals surface area contributed by atoms with E-state index in [0.29, 0.717) is 15.6 Å². The van der Waals surface area contributed by atoms with Crippen LogP contribution in [0, 0.1) is 0 Å². The fourth-order valence-electron chi connectivity index (χ4n) is 1.42. The smallest absolute Gasteiger partial charge is 0.308 e. The molecule has 7 heteroatoms. The van der Waals surface area contributed by atoms with Crippen LogP contribution in [-0.2, 0) is 13.6 Å². The van der Waals surface area contributed by atoms with Crippen molar-refractivity contribution in [1.29, 1.82) is 0 Å². The highest BCUT2D eigenvalue weighted by molar-refractivity contribution is 9.10. The highest BCUT2D eigenvalue weighted by Gasteiger charge is 2.37. The summed E-state index contributed by atoms with van der Waals surface area (Å²) >= 11 is 15.5. The van der Waals surface area contributed by atoms with Gasteiger partial charge >= 0.3 is 7.60 Å². The third-order valence-electron chi connectivity index (χ3n) is 2.13. The Hall–Kier alpha value is 0.430. The summed E-state index contributed by atoms with van der Waals surface area (Å²) in [5.74, 6) is 0. The minimum Gasteiger partial charge on any atom is -0.308 e. The van der Waals surface area contributed by atoms with Crippen molar-refractivity contribution in [2.24, 2.45) is 0 Å². The monoisotopic (exact) mass is 374 g/mol. The van der Waals surface area contributed by atoms with E-state index >= 15 is 0 Å². The lowest BCUT2D eigenvalue weighted by molar-refractivity contribution is 0.219. The van der Waals surface area contributed by atoms with Gasteiger partial charge in [-0.2, -0.15) is 0 Å². The summed E-state index contributed by atoms with van der Waals surface area (Å²) in [5.41, 5.74) is 0.520. The Balaban J connectivity index is 3.17. The van der Waals surface area contributed by atoms with Crippen LogP contribution in [0.25, 0.3) is 0 Å². The predicted octanol–water partition coefficient (Wildman–Crippen LogP) is 5.65. The van der Waals surface area contributed by atoms with Crippen LogP contribution in [0.4, 0.5) is 0 Å². The average Bonchev–Trinajstić information content (AvgIpc) is 2.29. The van der Waals surface area contributed by atoms with Gasteiger partial charge in [-0.1, -0.05) is 45.2 Å². The molecule has 0 bridgehead atoms. The molecule has 1 aromatic carbocycles. The van der Waals surface area contributed by atoms with Crippen molar-refractivity contribution in [2.75, 3.05) is 13.2 Å². The fourth-order valence-corrected chi connectivity index (χ4v) is 5.31. The summed E-state index contributed by atoms with van der Waals surface area (Å²) in [6.45, 7) is 4.06. The van der Waals surface area contributed by atoms with Crippen molar-refractivity contribution in [3.63, 3.8) is 0 Å². The lowest BCUT2D eigenvalue weighted by atomic mass is 10.2. The second-order valence-electron chi connectivity index (χ2n) is 3.35. The molecule has 18 heavy (non-hydrogen) atoms. The molecular formula is C11H14BrCl2O3P. The number of rotatable bonds is 6. The Morgan fingerprint density at radius 1 is 1.22 bits per heavy atom. The van der Waals surface area contributed by atoms with Gasteiger partial charge in [-0.3, -0.25) is 4.57 Å². The lowest BCUT2D eigenvalue weighted by Crippen LogP contribution is -2.03. The Bertz CT molecular complexity index is 426. The van der Waals surface area contributed by atoms with Gasteiger partial charge in [0.15, 0.2) is 0 Å². The van der Waals surface area contributed by atoms with Crippen molar-refractivity contribution < 1.29 is 13.6 Å². The van der Waals surface area contributed by atoms with Gasteiger partial charge in [-0.15, -0.1) is 0 Å². The maximum atomic E-state index is 12.6. The first-order chi connectivity index (χ1) is 8.46. The predicted molar refractivity (Wildman–Crippen MR) is 79.0 cm³/mol. The van der Waals surface area contributed by atoms with Gasteiger partial charge in [-0.05, 0) is 26.0 Å². The molecule has 0 amide bonds. The van der Waals surface area contributed by atoms with Crippen molar-refractivity contribution in [1.82, 2.24) is 0 Å². The van der Waals surface area contributed by atoms with Gasteiger partial charge in [-0.25, -0.2) is 0 Å². The first-order valence-electron chi connectivity index (χ1n) is 5.43. The van der Waals surface area contributed by atoms with Crippen LogP contribution in [0.3, 0.4) is 0 Å². The van der Waals surface area contributed by atoms with Gasteiger partial charge in [0, 0.05) is 15.6 Å². The van der Waals surface area contributed by atoms with E-state index < -0.39 is 12.2 Å². The Morgan fingerprint density at radius 2 is 1.67 bits per heavy atom.